The first kappa shape index (κ1) is 14.2. The van der Waals surface area contributed by atoms with Crippen LogP contribution in [-0.2, 0) is 16.0 Å². The molecule has 2 aliphatic rings. The molecule has 21 heavy (non-hydrogen) atoms. The van der Waals surface area contributed by atoms with Crippen LogP contribution in [0.2, 0.25) is 0 Å². The zero-order chi connectivity index (χ0) is 15.2. The SMILES string of the molecule is CCC1C2=C(OC(=O)C1(C)C)c1ccc(OC)cc1CC2. The minimum absolute atomic E-state index is 0.114. The van der Waals surface area contributed by atoms with Crippen molar-refractivity contribution in [1.82, 2.24) is 0 Å². The summed E-state index contributed by atoms with van der Waals surface area (Å²) >= 11 is 0. The molecule has 0 saturated heterocycles. The molecule has 3 nitrogen and oxygen atoms in total. The van der Waals surface area contributed by atoms with Crippen molar-refractivity contribution in [1.29, 1.82) is 0 Å². The summed E-state index contributed by atoms with van der Waals surface area (Å²) in [4.78, 5) is 12.4. The molecule has 1 unspecified atom stereocenters. The number of allylic oxidation sites excluding steroid dienone is 1. The lowest BCUT2D eigenvalue weighted by molar-refractivity contribution is -0.151. The van der Waals surface area contributed by atoms with Gasteiger partial charge in [0.15, 0.2) is 0 Å². The molecule has 1 heterocycles. The van der Waals surface area contributed by atoms with E-state index in [4.69, 9.17) is 9.47 Å². The van der Waals surface area contributed by atoms with Crippen LogP contribution in [0.4, 0.5) is 0 Å². The number of hydrogen-bond donors (Lipinski definition) is 0. The number of rotatable bonds is 2. The van der Waals surface area contributed by atoms with Crippen molar-refractivity contribution in [3.63, 3.8) is 0 Å². The first-order valence-electron chi connectivity index (χ1n) is 7.61. The number of methoxy groups -OCH3 is 1. The average Bonchev–Trinajstić information content (AvgIpc) is 2.47. The second kappa shape index (κ2) is 4.90. The van der Waals surface area contributed by atoms with E-state index in [-0.39, 0.29) is 11.9 Å². The summed E-state index contributed by atoms with van der Waals surface area (Å²) in [5, 5.41) is 0. The summed E-state index contributed by atoms with van der Waals surface area (Å²) in [6.07, 6.45) is 2.91. The lowest BCUT2D eigenvalue weighted by Crippen LogP contribution is -2.40. The van der Waals surface area contributed by atoms with Crippen molar-refractivity contribution in [3.8, 4) is 5.75 Å². The largest absolute Gasteiger partial charge is 0.497 e. The number of ether oxygens (including phenoxy) is 2. The number of hydrogen-bond acceptors (Lipinski definition) is 3. The molecule has 0 amide bonds. The number of benzene rings is 1. The molecule has 0 saturated carbocycles. The second-order valence-electron chi connectivity index (χ2n) is 6.45. The summed E-state index contributed by atoms with van der Waals surface area (Å²) in [5.74, 6) is 1.81. The second-order valence-corrected chi connectivity index (χ2v) is 6.45. The Morgan fingerprint density at radius 1 is 1.33 bits per heavy atom. The molecule has 0 fully saturated rings. The molecular weight excluding hydrogens is 264 g/mol. The van der Waals surface area contributed by atoms with Gasteiger partial charge < -0.3 is 9.47 Å². The van der Waals surface area contributed by atoms with Crippen molar-refractivity contribution in [2.45, 2.75) is 40.0 Å². The maximum Gasteiger partial charge on any atom is 0.317 e. The third-order valence-corrected chi connectivity index (χ3v) is 4.93. The summed E-state index contributed by atoms with van der Waals surface area (Å²) in [6, 6.07) is 6.00. The first-order valence-corrected chi connectivity index (χ1v) is 7.61. The third-order valence-electron chi connectivity index (χ3n) is 4.93. The van der Waals surface area contributed by atoms with E-state index in [1.54, 1.807) is 7.11 Å². The summed E-state index contributed by atoms with van der Waals surface area (Å²) < 4.78 is 11.0. The van der Waals surface area contributed by atoms with E-state index in [9.17, 15) is 4.79 Å². The number of fused-ring (bicyclic) bond motifs is 2. The molecule has 0 aromatic heterocycles. The molecule has 3 rings (SSSR count). The Labute approximate surface area is 125 Å². The highest BCUT2D eigenvalue weighted by molar-refractivity contribution is 5.88. The lowest BCUT2D eigenvalue weighted by Gasteiger charge is -2.41. The van der Waals surface area contributed by atoms with Gasteiger partial charge in [0, 0.05) is 5.56 Å². The standard InChI is InChI=1S/C18H22O3/c1-5-15-14-8-6-11-10-12(20-4)7-9-13(11)16(14)21-17(19)18(15,2)3/h7,9-10,15H,5-6,8H2,1-4H3. The van der Waals surface area contributed by atoms with E-state index in [2.05, 4.69) is 6.92 Å². The van der Waals surface area contributed by atoms with Crippen LogP contribution in [0.15, 0.2) is 23.8 Å². The smallest absolute Gasteiger partial charge is 0.317 e. The van der Waals surface area contributed by atoms with Crippen LogP contribution in [-0.4, -0.2) is 13.1 Å². The number of aryl methyl sites for hydroxylation is 1. The Balaban J connectivity index is 2.13. The fraction of sp³-hybridized carbons (Fsp3) is 0.500. The Hall–Kier alpha value is -1.77. The quantitative estimate of drug-likeness (QED) is 0.772. The van der Waals surface area contributed by atoms with Crippen molar-refractivity contribution in [3.05, 3.63) is 34.9 Å². The summed E-state index contributed by atoms with van der Waals surface area (Å²) in [5.41, 5.74) is 3.13. The van der Waals surface area contributed by atoms with Crippen LogP contribution in [0.3, 0.4) is 0 Å². The monoisotopic (exact) mass is 286 g/mol. The molecule has 0 spiro atoms. The molecule has 1 aliphatic carbocycles. The van der Waals surface area contributed by atoms with Crippen LogP contribution in [0, 0.1) is 11.3 Å². The minimum atomic E-state index is -0.433. The highest BCUT2D eigenvalue weighted by atomic mass is 16.5. The Kier molecular flexibility index (Phi) is 3.31. The number of carbonyl (C=O) groups is 1. The highest BCUT2D eigenvalue weighted by Gasteiger charge is 2.46. The van der Waals surface area contributed by atoms with Crippen molar-refractivity contribution < 1.29 is 14.3 Å². The molecule has 1 aliphatic heterocycles. The Morgan fingerprint density at radius 3 is 2.76 bits per heavy atom. The van der Waals surface area contributed by atoms with E-state index in [1.165, 1.54) is 11.1 Å². The van der Waals surface area contributed by atoms with Gasteiger partial charge >= 0.3 is 5.97 Å². The van der Waals surface area contributed by atoms with Gasteiger partial charge in [-0.1, -0.05) is 6.92 Å². The van der Waals surface area contributed by atoms with Crippen LogP contribution in [0.1, 0.15) is 44.7 Å². The molecular formula is C18H22O3. The fourth-order valence-corrected chi connectivity index (χ4v) is 3.69. The lowest BCUT2D eigenvalue weighted by atomic mass is 9.68. The third kappa shape index (κ3) is 2.06. The molecule has 3 heteroatoms. The topological polar surface area (TPSA) is 35.5 Å². The van der Waals surface area contributed by atoms with E-state index in [1.807, 2.05) is 32.0 Å². The van der Waals surface area contributed by atoms with Gasteiger partial charge in [0.05, 0.1) is 12.5 Å². The van der Waals surface area contributed by atoms with Crippen molar-refractivity contribution in [2.75, 3.05) is 7.11 Å². The average molecular weight is 286 g/mol. The van der Waals surface area contributed by atoms with Gasteiger partial charge in [-0.15, -0.1) is 0 Å². The van der Waals surface area contributed by atoms with E-state index in [0.29, 0.717) is 0 Å². The predicted molar refractivity (Wildman–Crippen MR) is 81.9 cm³/mol. The van der Waals surface area contributed by atoms with Crippen LogP contribution < -0.4 is 4.74 Å². The number of esters is 1. The molecule has 0 radical (unpaired) electrons. The molecule has 112 valence electrons. The van der Waals surface area contributed by atoms with Crippen LogP contribution in [0.25, 0.3) is 5.76 Å². The molecule has 1 aromatic rings. The molecule has 0 N–H and O–H groups in total. The molecule has 1 aromatic carbocycles. The summed E-state index contributed by atoms with van der Waals surface area (Å²) in [7, 11) is 1.67. The molecule has 0 bridgehead atoms. The maximum absolute atomic E-state index is 12.4. The summed E-state index contributed by atoms with van der Waals surface area (Å²) in [6.45, 7) is 6.15. The maximum atomic E-state index is 12.4. The zero-order valence-corrected chi connectivity index (χ0v) is 13.2. The fourth-order valence-electron chi connectivity index (χ4n) is 3.69. The normalized spacial score (nSPS) is 23.2. The van der Waals surface area contributed by atoms with Gasteiger partial charge in [0.2, 0.25) is 0 Å². The minimum Gasteiger partial charge on any atom is -0.497 e. The van der Waals surface area contributed by atoms with Crippen molar-refractivity contribution in [2.24, 2.45) is 11.3 Å². The predicted octanol–water partition coefficient (Wildman–Crippen LogP) is 3.96. The zero-order valence-electron chi connectivity index (χ0n) is 13.2. The van der Waals surface area contributed by atoms with Gasteiger partial charge in [-0.05, 0) is 68.4 Å². The van der Waals surface area contributed by atoms with Gasteiger partial charge in [-0.3, -0.25) is 4.79 Å². The van der Waals surface area contributed by atoms with Gasteiger partial charge in [0.25, 0.3) is 0 Å². The Morgan fingerprint density at radius 2 is 2.10 bits per heavy atom. The van der Waals surface area contributed by atoms with Crippen molar-refractivity contribution >= 4 is 11.7 Å². The Bertz CT molecular complexity index is 625. The van der Waals surface area contributed by atoms with Gasteiger partial charge in [-0.2, -0.15) is 0 Å². The molecule has 1 atom stereocenters. The van der Waals surface area contributed by atoms with Gasteiger partial charge in [-0.25, -0.2) is 0 Å². The van der Waals surface area contributed by atoms with E-state index in [0.717, 1.165) is 36.3 Å². The highest BCUT2D eigenvalue weighted by Crippen LogP contribution is 2.49. The van der Waals surface area contributed by atoms with E-state index >= 15 is 0 Å². The number of carbonyl (C=O) groups excluding carboxylic acids is 1. The van der Waals surface area contributed by atoms with Crippen LogP contribution in [0.5, 0.6) is 5.75 Å². The van der Waals surface area contributed by atoms with Crippen LogP contribution >= 0.6 is 0 Å². The van der Waals surface area contributed by atoms with Gasteiger partial charge in [0.1, 0.15) is 11.5 Å². The first-order chi connectivity index (χ1) is 9.98. The van der Waals surface area contributed by atoms with E-state index < -0.39 is 5.41 Å².